The van der Waals surface area contributed by atoms with Crippen molar-refractivity contribution >= 4 is 6.29 Å². The van der Waals surface area contributed by atoms with Gasteiger partial charge in [0.2, 0.25) is 0 Å². The second-order valence-corrected chi connectivity index (χ2v) is 2.89. The fourth-order valence-electron chi connectivity index (χ4n) is 1.11. The molecule has 0 N–H and O–H groups in total. The second-order valence-electron chi connectivity index (χ2n) is 2.89. The van der Waals surface area contributed by atoms with Gasteiger partial charge in [-0.3, -0.25) is 0 Å². The summed E-state index contributed by atoms with van der Waals surface area (Å²) in [5.41, 5.74) is 0. The molecule has 1 nitrogen and oxygen atoms in total. The largest absolute Gasteiger partial charge is 0.303 e. The zero-order valence-corrected chi connectivity index (χ0v) is 7.38. The molecular weight excluding hydrogens is 136 g/mol. The smallest absolute Gasteiger partial charge is 0.120 e. The summed E-state index contributed by atoms with van der Waals surface area (Å²) < 4.78 is 0. The number of aldehydes is 1. The van der Waals surface area contributed by atoms with Crippen molar-refractivity contribution < 1.29 is 4.79 Å². The number of rotatable bonds is 7. The number of allylic oxidation sites excluding steroid dienone is 1. The second kappa shape index (κ2) is 7.52. The average molecular weight is 154 g/mol. The van der Waals surface area contributed by atoms with Gasteiger partial charge >= 0.3 is 0 Å². The van der Waals surface area contributed by atoms with Gasteiger partial charge in [0.1, 0.15) is 6.29 Å². The van der Waals surface area contributed by atoms with Gasteiger partial charge in [-0.05, 0) is 12.3 Å². The van der Waals surface area contributed by atoms with Crippen LogP contribution in [-0.2, 0) is 4.79 Å². The van der Waals surface area contributed by atoms with E-state index in [9.17, 15) is 4.79 Å². The first-order valence-electron chi connectivity index (χ1n) is 4.41. The van der Waals surface area contributed by atoms with Crippen molar-refractivity contribution in [1.29, 1.82) is 0 Å². The average Bonchev–Trinajstić information content (AvgIpc) is 2.03. The molecule has 1 unspecified atom stereocenters. The molecule has 0 radical (unpaired) electrons. The summed E-state index contributed by atoms with van der Waals surface area (Å²) in [5.74, 6) is 0.416. The molecule has 1 atom stereocenters. The van der Waals surface area contributed by atoms with Crippen molar-refractivity contribution in [2.24, 2.45) is 5.92 Å². The lowest BCUT2D eigenvalue weighted by atomic mass is 9.99. The number of hydrogen-bond donors (Lipinski definition) is 0. The summed E-state index contributed by atoms with van der Waals surface area (Å²) in [6.45, 7) is 5.88. The Bertz CT molecular complexity index is 107. The van der Waals surface area contributed by atoms with Crippen molar-refractivity contribution in [3.05, 3.63) is 12.7 Å². The third kappa shape index (κ3) is 5.84. The molecule has 0 heterocycles. The molecule has 0 amide bonds. The molecule has 0 aromatic rings. The van der Waals surface area contributed by atoms with Crippen LogP contribution in [0.15, 0.2) is 12.7 Å². The molecule has 0 aliphatic rings. The van der Waals surface area contributed by atoms with Gasteiger partial charge < -0.3 is 4.79 Å². The molecule has 0 fully saturated rings. The maximum atomic E-state index is 10.2. The van der Waals surface area contributed by atoms with Crippen LogP contribution < -0.4 is 0 Å². The predicted octanol–water partition coefficient (Wildman–Crippen LogP) is 2.96. The van der Waals surface area contributed by atoms with Crippen molar-refractivity contribution in [2.75, 3.05) is 0 Å². The van der Waals surface area contributed by atoms with Gasteiger partial charge in [0.05, 0.1) is 0 Å². The lowest BCUT2D eigenvalue weighted by Gasteiger charge is -2.06. The van der Waals surface area contributed by atoms with E-state index in [1.165, 1.54) is 19.3 Å². The van der Waals surface area contributed by atoms with Crippen molar-refractivity contribution in [3.63, 3.8) is 0 Å². The minimum absolute atomic E-state index is 0.416. The topological polar surface area (TPSA) is 17.1 Å². The maximum absolute atomic E-state index is 10.2. The Balaban J connectivity index is 3.35. The van der Waals surface area contributed by atoms with Gasteiger partial charge in [-0.15, -0.1) is 6.58 Å². The van der Waals surface area contributed by atoms with Gasteiger partial charge in [-0.2, -0.15) is 0 Å². The summed E-state index contributed by atoms with van der Waals surface area (Å²) in [6.07, 6.45) is 8.38. The van der Waals surface area contributed by atoms with E-state index in [0.717, 1.165) is 12.7 Å². The third-order valence-electron chi connectivity index (χ3n) is 1.91. The van der Waals surface area contributed by atoms with E-state index in [1.807, 2.05) is 6.08 Å². The minimum atomic E-state index is 0.416. The van der Waals surface area contributed by atoms with Crippen LogP contribution in [0.25, 0.3) is 0 Å². The van der Waals surface area contributed by atoms with E-state index < -0.39 is 0 Å². The molecule has 0 aliphatic heterocycles. The highest BCUT2D eigenvalue weighted by molar-refractivity contribution is 5.50. The minimum Gasteiger partial charge on any atom is -0.303 e. The summed E-state index contributed by atoms with van der Waals surface area (Å²) in [4.78, 5) is 10.2. The number of hydrogen-bond acceptors (Lipinski definition) is 1. The molecule has 0 saturated carbocycles. The van der Waals surface area contributed by atoms with Crippen LogP contribution in [0.5, 0.6) is 0 Å². The van der Waals surface area contributed by atoms with E-state index in [0.29, 0.717) is 12.3 Å². The van der Waals surface area contributed by atoms with E-state index in [4.69, 9.17) is 0 Å². The predicted molar refractivity (Wildman–Crippen MR) is 48.5 cm³/mol. The SMILES string of the molecule is C=CC(CC=O)CCCCC. The Morgan fingerprint density at radius 3 is 2.64 bits per heavy atom. The zero-order chi connectivity index (χ0) is 8.53. The fourth-order valence-corrected chi connectivity index (χ4v) is 1.11. The standard InChI is InChI=1S/C10H18O/c1-3-5-6-7-10(4-2)8-9-11/h4,9-10H,2-3,5-8H2,1H3. The number of unbranched alkanes of at least 4 members (excludes halogenated alkanes) is 2. The summed E-state index contributed by atoms with van der Waals surface area (Å²) in [7, 11) is 0. The highest BCUT2D eigenvalue weighted by atomic mass is 16.1. The maximum Gasteiger partial charge on any atom is 0.120 e. The molecule has 64 valence electrons. The van der Waals surface area contributed by atoms with E-state index in [1.54, 1.807) is 0 Å². The van der Waals surface area contributed by atoms with Crippen LogP contribution in [0.1, 0.15) is 39.0 Å². The Hall–Kier alpha value is -0.590. The van der Waals surface area contributed by atoms with Crippen molar-refractivity contribution in [1.82, 2.24) is 0 Å². The monoisotopic (exact) mass is 154 g/mol. The lowest BCUT2D eigenvalue weighted by Crippen LogP contribution is -1.96. The van der Waals surface area contributed by atoms with E-state index in [-0.39, 0.29) is 0 Å². The van der Waals surface area contributed by atoms with Gasteiger partial charge in [-0.1, -0.05) is 32.3 Å². The van der Waals surface area contributed by atoms with Gasteiger partial charge in [0.15, 0.2) is 0 Å². The first kappa shape index (κ1) is 10.4. The van der Waals surface area contributed by atoms with E-state index in [2.05, 4.69) is 13.5 Å². The third-order valence-corrected chi connectivity index (χ3v) is 1.91. The molecule has 0 saturated heterocycles. The first-order chi connectivity index (χ1) is 5.35. The highest BCUT2D eigenvalue weighted by Gasteiger charge is 2.01. The molecule has 0 spiro atoms. The first-order valence-corrected chi connectivity index (χ1v) is 4.41. The Morgan fingerprint density at radius 2 is 2.18 bits per heavy atom. The van der Waals surface area contributed by atoms with Crippen LogP contribution in [0.2, 0.25) is 0 Å². The lowest BCUT2D eigenvalue weighted by molar-refractivity contribution is -0.108. The zero-order valence-electron chi connectivity index (χ0n) is 7.38. The number of carbonyl (C=O) groups excluding carboxylic acids is 1. The van der Waals surface area contributed by atoms with Crippen molar-refractivity contribution in [2.45, 2.75) is 39.0 Å². The van der Waals surface area contributed by atoms with Crippen LogP contribution >= 0.6 is 0 Å². The fraction of sp³-hybridized carbons (Fsp3) is 0.700. The normalized spacial score (nSPS) is 12.5. The molecule has 0 rings (SSSR count). The van der Waals surface area contributed by atoms with Gasteiger partial charge in [-0.25, -0.2) is 0 Å². The Kier molecular flexibility index (Phi) is 7.11. The van der Waals surface area contributed by atoms with Crippen LogP contribution in [0, 0.1) is 5.92 Å². The summed E-state index contributed by atoms with van der Waals surface area (Å²) in [6, 6.07) is 0. The quantitative estimate of drug-likeness (QED) is 0.313. The molecule has 0 aliphatic carbocycles. The van der Waals surface area contributed by atoms with Crippen molar-refractivity contribution in [3.8, 4) is 0 Å². The summed E-state index contributed by atoms with van der Waals surface area (Å²) in [5, 5.41) is 0. The van der Waals surface area contributed by atoms with Gasteiger partial charge in [0.25, 0.3) is 0 Å². The van der Waals surface area contributed by atoms with Gasteiger partial charge in [0, 0.05) is 6.42 Å². The number of carbonyl (C=O) groups is 1. The van der Waals surface area contributed by atoms with Crippen LogP contribution in [-0.4, -0.2) is 6.29 Å². The van der Waals surface area contributed by atoms with Crippen LogP contribution in [0.3, 0.4) is 0 Å². The highest BCUT2D eigenvalue weighted by Crippen LogP contribution is 2.12. The molecule has 0 aromatic heterocycles. The Morgan fingerprint density at radius 1 is 1.45 bits per heavy atom. The van der Waals surface area contributed by atoms with Crippen LogP contribution in [0.4, 0.5) is 0 Å². The molecule has 1 heteroatoms. The van der Waals surface area contributed by atoms with E-state index >= 15 is 0 Å². The molecule has 11 heavy (non-hydrogen) atoms. The molecule has 0 aromatic carbocycles. The molecular formula is C10H18O. The molecule has 0 bridgehead atoms. The Labute approximate surface area is 69.5 Å². The summed E-state index contributed by atoms with van der Waals surface area (Å²) >= 11 is 0.